The predicted molar refractivity (Wildman–Crippen MR) is 104 cm³/mol. The summed E-state index contributed by atoms with van der Waals surface area (Å²) >= 11 is 3.14. The number of alkyl halides is 6. The van der Waals surface area contributed by atoms with Crippen molar-refractivity contribution in [2.24, 2.45) is 0 Å². The molecule has 18 heteroatoms. The first-order valence-corrected chi connectivity index (χ1v) is 11.5. The van der Waals surface area contributed by atoms with Gasteiger partial charge in [-0.2, -0.15) is 43.2 Å². The highest BCUT2D eigenvalue weighted by Gasteiger charge is 2.50. The summed E-state index contributed by atoms with van der Waals surface area (Å²) < 4.78 is 128. The van der Waals surface area contributed by atoms with Crippen molar-refractivity contribution in [1.29, 1.82) is 0 Å². The first-order chi connectivity index (χ1) is 14.9. The van der Waals surface area contributed by atoms with E-state index in [-0.39, 0.29) is 11.8 Å². The van der Waals surface area contributed by atoms with Gasteiger partial charge in [0.1, 0.15) is 5.75 Å². The van der Waals surface area contributed by atoms with Crippen molar-refractivity contribution in [2.45, 2.75) is 11.0 Å². The van der Waals surface area contributed by atoms with E-state index in [1.165, 1.54) is 24.3 Å². The fourth-order valence-corrected chi connectivity index (χ4v) is 3.07. The summed E-state index contributed by atoms with van der Waals surface area (Å²) in [6, 6.07) is 5.91. The zero-order valence-electron chi connectivity index (χ0n) is 15.4. The molecule has 2 amide bonds. The van der Waals surface area contributed by atoms with Gasteiger partial charge in [-0.15, -0.1) is 0 Å². The van der Waals surface area contributed by atoms with Gasteiger partial charge in [0.05, 0.1) is 5.69 Å². The van der Waals surface area contributed by atoms with Crippen LogP contribution in [0.5, 0.6) is 11.5 Å². The van der Waals surface area contributed by atoms with Crippen LogP contribution < -0.4 is 19.0 Å². The third-order valence-electron chi connectivity index (χ3n) is 3.28. The number of halogens is 7. The third-order valence-corrected chi connectivity index (χ3v) is 5.75. The Bertz CT molecular complexity index is 1250. The zero-order valence-corrected chi connectivity index (χ0v) is 18.6. The van der Waals surface area contributed by atoms with Gasteiger partial charge in [0.15, 0.2) is 5.75 Å². The maximum Gasteiger partial charge on any atom is 0.534 e. The van der Waals surface area contributed by atoms with Crippen LogP contribution in [0.2, 0.25) is 0 Å². The smallest absolute Gasteiger partial charge is 0.376 e. The molecule has 0 aliphatic rings. The Balaban J connectivity index is 2.40. The lowest BCUT2D eigenvalue weighted by Gasteiger charge is -2.16. The van der Waals surface area contributed by atoms with Crippen LogP contribution in [-0.2, 0) is 20.2 Å². The second-order valence-corrected chi connectivity index (χ2v) is 9.70. The number of nitrogens with one attached hydrogen (secondary N) is 2. The molecule has 0 saturated carbocycles. The Morgan fingerprint density at radius 1 is 0.788 bits per heavy atom. The molecular formula is C15H9BrF6N2O7S2. The molecule has 2 aromatic rings. The van der Waals surface area contributed by atoms with Crippen LogP contribution in [0.25, 0.3) is 0 Å². The zero-order chi connectivity index (χ0) is 25.2. The third kappa shape index (κ3) is 6.87. The lowest BCUT2D eigenvalue weighted by atomic mass is 10.3. The Morgan fingerprint density at radius 3 is 1.82 bits per heavy atom. The highest BCUT2D eigenvalue weighted by atomic mass is 79.9. The summed E-state index contributed by atoms with van der Waals surface area (Å²) in [5, 5.41) is 4.16. The summed E-state index contributed by atoms with van der Waals surface area (Å²) in [6.45, 7) is 0. The van der Waals surface area contributed by atoms with E-state index in [1.807, 2.05) is 5.32 Å². The second-order valence-electron chi connectivity index (χ2n) is 5.71. The van der Waals surface area contributed by atoms with E-state index in [9.17, 15) is 48.0 Å². The van der Waals surface area contributed by atoms with E-state index in [1.54, 1.807) is 0 Å². The quantitative estimate of drug-likeness (QED) is 0.289. The normalized spacial score (nSPS) is 12.7. The molecule has 0 aromatic heterocycles. The van der Waals surface area contributed by atoms with E-state index >= 15 is 0 Å². The minimum atomic E-state index is -6.37. The summed E-state index contributed by atoms with van der Waals surface area (Å²) in [5.41, 5.74) is -12.4. The van der Waals surface area contributed by atoms with Gasteiger partial charge >= 0.3 is 37.3 Å². The second kappa shape index (κ2) is 9.26. The maximum atomic E-state index is 12.7. The standard InChI is InChI=1S/C15H9BrF6N2O7S2/c16-8-1-3-9(4-2-8)23-13(25)24-11-6-5-10(30-32(26,27)14(17,18)19)7-12(11)31-33(28,29)15(20,21)22/h1-7H,(H2,23,24,25). The van der Waals surface area contributed by atoms with Crippen LogP contribution in [0.1, 0.15) is 0 Å². The minimum absolute atomic E-state index is 0.0990. The lowest BCUT2D eigenvalue weighted by molar-refractivity contribution is -0.0502. The van der Waals surface area contributed by atoms with E-state index in [0.29, 0.717) is 16.6 Å². The number of hydrogen-bond donors (Lipinski definition) is 2. The van der Waals surface area contributed by atoms with E-state index in [0.717, 1.165) is 0 Å². The molecule has 2 aromatic carbocycles. The fourth-order valence-electron chi connectivity index (χ4n) is 1.88. The number of anilines is 2. The van der Waals surface area contributed by atoms with Gasteiger partial charge in [-0.1, -0.05) is 15.9 Å². The van der Waals surface area contributed by atoms with Gasteiger partial charge in [-0.25, -0.2) is 4.79 Å². The Morgan fingerprint density at radius 2 is 1.30 bits per heavy atom. The summed E-state index contributed by atoms with van der Waals surface area (Å²) in [5.74, 6) is -2.63. The Kier molecular flexibility index (Phi) is 7.44. The van der Waals surface area contributed by atoms with E-state index in [2.05, 4.69) is 29.6 Å². The summed E-state index contributed by atoms with van der Waals surface area (Å²) in [7, 11) is -12.6. The predicted octanol–water partition coefficient (Wildman–Crippen LogP) is 4.55. The van der Waals surface area contributed by atoms with Crippen molar-refractivity contribution >= 4 is 53.6 Å². The van der Waals surface area contributed by atoms with Crippen molar-refractivity contribution in [1.82, 2.24) is 0 Å². The van der Waals surface area contributed by atoms with Crippen molar-refractivity contribution in [2.75, 3.05) is 10.6 Å². The van der Waals surface area contributed by atoms with Crippen LogP contribution in [0.15, 0.2) is 46.9 Å². The van der Waals surface area contributed by atoms with Crippen LogP contribution in [0, 0.1) is 0 Å². The van der Waals surface area contributed by atoms with Gasteiger partial charge in [0.25, 0.3) is 0 Å². The van der Waals surface area contributed by atoms with Crippen molar-refractivity contribution in [3.8, 4) is 11.5 Å². The first-order valence-electron chi connectivity index (χ1n) is 7.90. The van der Waals surface area contributed by atoms with Gasteiger partial charge < -0.3 is 19.0 Å². The summed E-state index contributed by atoms with van der Waals surface area (Å²) in [6.07, 6.45) is 0. The van der Waals surface area contributed by atoms with Crippen LogP contribution in [-0.4, -0.2) is 33.9 Å². The van der Waals surface area contributed by atoms with Gasteiger partial charge in [0.2, 0.25) is 0 Å². The highest BCUT2D eigenvalue weighted by Crippen LogP contribution is 2.36. The maximum absolute atomic E-state index is 12.7. The molecule has 33 heavy (non-hydrogen) atoms. The van der Waals surface area contributed by atoms with Crippen molar-refractivity contribution < 1.29 is 56.3 Å². The largest absolute Gasteiger partial charge is 0.534 e. The number of carbonyl (C=O) groups is 1. The van der Waals surface area contributed by atoms with Crippen LogP contribution in [0.4, 0.5) is 42.5 Å². The number of rotatable bonds is 6. The molecule has 0 heterocycles. The van der Waals surface area contributed by atoms with Crippen LogP contribution in [0.3, 0.4) is 0 Å². The molecule has 0 aliphatic heterocycles. The molecule has 9 nitrogen and oxygen atoms in total. The topological polar surface area (TPSA) is 128 Å². The molecule has 0 aliphatic carbocycles. The molecular weight excluding hydrogens is 578 g/mol. The fraction of sp³-hybridized carbons (Fsp3) is 0.133. The van der Waals surface area contributed by atoms with Gasteiger partial charge in [-0.3, -0.25) is 0 Å². The minimum Gasteiger partial charge on any atom is -0.376 e. The number of amides is 2. The van der Waals surface area contributed by atoms with E-state index < -0.39 is 54.5 Å². The Hall–Kier alpha value is -2.73. The molecule has 0 atom stereocenters. The average Bonchev–Trinajstić information content (AvgIpc) is 2.63. The van der Waals surface area contributed by atoms with Gasteiger partial charge in [0, 0.05) is 16.2 Å². The Labute approximate surface area is 190 Å². The lowest BCUT2D eigenvalue weighted by Crippen LogP contribution is -2.29. The number of benzene rings is 2. The highest BCUT2D eigenvalue weighted by molar-refractivity contribution is 9.10. The molecule has 0 saturated heterocycles. The molecule has 0 radical (unpaired) electrons. The van der Waals surface area contributed by atoms with Gasteiger partial charge in [-0.05, 0) is 36.4 Å². The molecule has 2 N–H and O–H groups in total. The van der Waals surface area contributed by atoms with Crippen LogP contribution >= 0.6 is 15.9 Å². The molecule has 0 spiro atoms. The van der Waals surface area contributed by atoms with Crippen molar-refractivity contribution in [3.63, 3.8) is 0 Å². The monoisotopic (exact) mass is 586 g/mol. The van der Waals surface area contributed by atoms with E-state index in [4.69, 9.17) is 0 Å². The first kappa shape index (κ1) is 26.5. The number of urea groups is 1. The summed E-state index contributed by atoms with van der Waals surface area (Å²) in [4.78, 5) is 12.1. The number of hydrogen-bond acceptors (Lipinski definition) is 7. The number of carbonyl (C=O) groups excluding carboxylic acids is 1. The molecule has 182 valence electrons. The van der Waals surface area contributed by atoms with Crippen molar-refractivity contribution in [3.05, 3.63) is 46.9 Å². The average molecular weight is 587 g/mol. The molecule has 0 unspecified atom stereocenters. The SMILES string of the molecule is O=C(Nc1ccc(Br)cc1)Nc1ccc(OS(=O)(=O)C(F)(F)F)cc1OS(=O)(=O)C(F)(F)F. The molecule has 0 bridgehead atoms. The molecule has 0 fully saturated rings. The molecule has 2 rings (SSSR count).